The number of hydrogen-bond acceptors (Lipinski definition) is 3. The minimum atomic E-state index is -0.238. The fourth-order valence-electron chi connectivity index (χ4n) is 2.93. The molecule has 1 unspecified atom stereocenters. The SMILES string of the molecule is CC(C)C(=O)N1CCCC(C(=O)NCC(=O)NCc2ccccc2)C1. The summed E-state index contributed by atoms with van der Waals surface area (Å²) in [6.45, 7) is 5.27. The Morgan fingerprint density at radius 1 is 1.16 bits per heavy atom. The van der Waals surface area contributed by atoms with Crippen molar-refractivity contribution in [3.05, 3.63) is 35.9 Å². The molecule has 6 heteroatoms. The molecule has 2 N–H and O–H groups in total. The van der Waals surface area contributed by atoms with E-state index in [1.165, 1.54) is 0 Å². The highest BCUT2D eigenvalue weighted by Crippen LogP contribution is 2.18. The van der Waals surface area contributed by atoms with Crippen molar-refractivity contribution in [3.63, 3.8) is 0 Å². The third-order valence-corrected chi connectivity index (χ3v) is 4.35. The van der Waals surface area contributed by atoms with Gasteiger partial charge in [-0.1, -0.05) is 44.2 Å². The number of carbonyl (C=O) groups is 3. The molecule has 25 heavy (non-hydrogen) atoms. The van der Waals surface area contributed by atoms with Crippen LogP contribution in [0.2, 0.25) is 0 Å². The Balaban J connectivity index is 1.73. The van der Waals surface area contributed by atoms with E-state index < -0.39 is 0 Å². The molecule has 1 aromatic carbocycles. The van der Waals surface area contributed by atoms with Crippen LogP contribution < -0.4 is 10.6 Å². The summed E-state index contributed by atoms with van der Waals surface area (Å²) in [6, 6.07) is 9.61. The van der Waals surface area contributed by atoms with Crippen LogP contribution in [0.15, 0.2) is 30.3 Å². The zero-order valence-corrected chi connectivity index (χ0v) is 15.0. The van der Waals surface area contributed by atoms with Gasteiger partial charge >= 0.3 is 0 Å². The molecule has 1 heterocycles. The Labute approximate surface area is 149 Å². The monoisotopic (exact) mass is 345 g/mol. The Hall–Kier alpha value is -2.37. The van der Waals surface area contributed by atoms with Crippen LogP contribution in [-0.2, 0) is 20.9 Å². The molecule has 1 aromatic rings. The van der Waals surface area contributed by atoms with E-state index in [4.69, 9.17) is 0 Å². The lowest BCUT2D eigenvalue weighted by Crippen LogP contribution is -2.48. The summed E-state index contributed by atoms with van der Waals surface area (Å²) < 4.78 is 0. The fraction of sp³-hybridized carbons (Fsp3) is 0.526. The molecule has 0 saturated carbocycles. The first kappa shape index (κ1) is 19.0. The molecule has 1 aliphatic heterocycles. The molecule has 136 valence electrons. The van der Waals surface area contributed by atoms with E-state index in [2.05, 4.69) is 10.6 Å². The smallest absolute Gasteiger partial charge is 0.239 e. The molecule has 1 aliphatic rings. The number of rotatable bonds is 6. The normalized spacial score (nSPS) is 17.2. The van der Waals surface area contributed by atoms with Gasteiger partial charge in [-0.05, 0) is 18.4 Å². The molecule has 6 nitrogen and oxygen atoms in total. The van der Waals surface area contributed by atoms with E-state index in [-0.39, 0.29) is 36.1 Å². The van der Waals surface area contributed by atoms with Crippen molar-refractivity contribution in [1.29, 1.82) is 0 Å². The van der Waals surface area contributed by atoms with Gasteiger partial charge in [0.2, 0.25) is 17.7 Å². The summed E-state index contributed by atoms with van der Waals surface area (Å²) in [7, 11) is 0. The predicted octanol–water partition coefficient (Wildman–Crippen LogP) is 1.31. The highest BCUT2D eigenvalue weighted by Gasteiger charge is 2.29. The summed E-state index contributed by atoms with van der Waals surface area (Å²) in [5, 5.41) is 5.47. The molecule has 2 rings (SSSR count). The van der Waals surface area contributed by atoms with Crippen molar-refractivity contribution in [2.45, 2.75) is 33.2 Å². The standard InChI is InChI=1S/C19H27N3O3/c1-14(2)19(25)22-10-6-9-16(13-22)18(24)21-12-17(23)20-11-15-7-4-3-5-8-15/h3-5,7-8,14,16H,6,9-13H2,1-2H3,(H,20,23)(H,21,24). The first-order valence-corrected chi connectivity index (χ1v) is 8.84. The average Bonchev–Trinajstić information content (AvgIpc) is 2.64. The van der Waals surface area contributed by atoms with Gasteiger partial charge in [0, 0.05) is 25.6 Å². The summed E-state index contributed by atoms with van der Waals surface area (Å²) in [5.74, 6) is -0.596. The van der Waals surface area contributed by atoms with E-state index in [9.17, 15) is 14.4 Å². The lowest BCUT2D eigenvalue weighted by atomic mass is 9.96. The third kappa shape index (κ3) is 5.89. The van der Waals surface area contributed by atoms with Gasteiger partial charge in [-0.3, -0.25) is 14.4 Å². The number of nitrogens with zero attached hydrogens (tertiary/aromatic N) is 1. The molecule has 3 amide bonds. The van der Waals surface area contributed by atoms with Crippen LogP contribution in [0.25, 0.3) is 0 Å². The van der Waals surface area contributed by atoms with Gasteiger partial charge in [0.15, 0.2) is 0 Å². The van der Waals surface area contributed by atoms with Crippen LogP contribution in [0.3, 0.4) is 0 Å². The van der Waals surface area contributed by atoms with Crippen molar-refractivity contribution in [2.24, 2.45) is 11.8 Å². The maximum atomic E-state index is 12.3. The molecular formula is C19H27N3O3. The molecular weight excluding hydrogens is 318 g/mol. The lowest BCUT2D eigenvalue weighted by Gasteiger charge is -2.33. The van der Waals surface area contributed by atoms with Crippen molar-refractivity contribution in [2.75, 3.05) is 19.6 Å². The number of likely N-dealkylation sites (tertiary alicyclic amines) is 1. The summed E-state index contributed by atoms with van der Waals surface area (Å²) in [5.41, 5.74) is 1.01. The quantitative estimate of drug-likeness (QED) is 0.816. The first-order chi connectivity index (χ1) is 12.0. The highest BCUT2D eigenvalue weighted by atomic mass is 16.2. The van der Waals surface area contributed by atoms with Crippen molar-refractivity contribution >= 4 is 17.7 Å². The van der Waals surface area contributed by atoms with Gasteiger partial charge in [0.1, 0.15) is 0 Å². The van der Waals surface area contributed by atoms with Crippen molar-refractivity contribution in [3.8, 4) is 0 Å². The Morgan fingerprint density at radius 2 is 1.88 bits per heavy atom. The van der Waals surface area contributed by atoms with Crippen LogP contribution in [0.4, 0.5) is 0 Å². The van der Waals surface area contributed by atoms with Crippen LogP contribution in [0.1, 0.15) is 32.3 Å². The molecule has 1 atom stereocenters. The van der Waals surface area contributed by atoms with Crippen LogP contribution in [0.5, 0.6) is 0 Å². The van der Waals surface area contributed by atoms with Gasteiger partial charge in [0.05, 0.1) is 12.5 Å². The number of carbonyl (C=O) groups excluding carboxylic acids is 3. The molecule has 0 radical (unpaired) electrons. The van der Waals surface area contributed by atoms with E-state index in [1.807, 2.05) is 44.2 Å². The van der Waals surface area contributed by atoms with E-state index >= 15 is 0 Å². The van der Waals surface area contributed by atoms with Gasteiger partial charge in [-0.2, -0.15) is 0 Å². The summed E-state index contributed by atoms with van der Waals surface area (Å²) in [4.78, 5) is 38.0. The highest BCUT2D eigenvalue weighted by molar-refractivity contribution is 5.86. The van der Waals surface area contributed by atoms with Crippen molar-refractivity contribution in [1.82, 2.24) is 15.5 Å². The van der Waals surface area contributed by atoms with E-state index in [1.54, 1.807) is 4.90 Å². The zero-order valence-electron chi connectivity index (χ0n) is 15.0. The Morgan fingerprint density at radius 3 is 2.56 bits per heavy atom. The number of hydrogen-bond donors (Lipinski definition) is 2. The molecule has 0 aliphatic carbocycles. The van der Waals surface area contributed by atoms with Gasteiger partial charge in [0.25, 0.3) is 0 Å². The minimum Gasteiger partial charge on any atom is -0.350 e. The Kier molecular flexibility index (Phi) is 6.98. The van der Waals surface area contributed by atoms with Crippen LogP contribution in [-0.4, -0.2) is 42.3 Å². The molecule has 1 saturated heterocycles. The topological polar surface area (TPSA) is 78.5 Å². The van der Waals surface area contributed by atoms with Gasteiger partial charge in [-0.25, -0.2) is 0 Å². The molecule has 0 spiro atoms. The molecule has 0 bridgehead atoms. The Bertz CT molecular complexity index is 601. The molecule has 0 aromatic heterocycles. The van der Waals surface area contributed by atoms with Crippen LogP contribution >= 0.6 is 0 Å². The maximum Gasteiger partial charge on any atom is 0.239 e. The second-order valence-corrected chi connectivity index (χ2v) is 6.76. The van der Waals surface area contributed by atoms with E-state index in [0.717, 1.165) is 18.4 Å². The van der Waals surface area contributed by atoms with Crippen molar-refractivity contribution < 1.29 is 14.4 Å². The number of piperidine rings is 1. The lowest BCUT2D eigenvalue weighted by molar-refractivity contribution is -0.138. The summed E-state index contributed by atoms with van der Waals surface area (Å²) >= 11 is 0. The number of benzene rings is 1. The second kappa shape index (κ2) is 9.20. The number of nitrogens with one attached hydrogen (secondary N) is 2. The number of amides is 3. The first-order valence-electron chi connectivity index (χ1n) is 8.84. The van der Waals surface area contributed by atoms with Gasteiger partial charge in [-0.15, -0.1) is 0 Å². The summed E-state index contributed by atoms with van der Waals surface area (Å²) in [6.07, 6.45) is 1.57. The largest absolute Gasteiger partial charge is 0.350 e. The molecule has 1 fully saturated rings. The zero-order chi connectivity index (χ0) is 18.2. The fourth-order valence-corrected chi connectivity index (χ4v) is 2.93. The minimum absolute atomic E-state index is 0.0414. The second-order valence-electron chi connectivity index (χ2n) is 6.76. The average molecular weight is 345 g/mol. The maximum absolute atomic E-state index is 12.3. The van der Waals surface area contributed by atoms with E-state index in [0.29, 0.717) is 19.6 Å². The third-order valence-electron chi connectivity index (χ3n) is 4.35. The predicted molar refractivity (Wildman–Crippen MR) is 95.4 cm³/mol. The van der Waals surface area contributed by atoms with Gasteiger partial charge < -0.3 is 15.5 Å². The van der Waals surface area contributed by atoms with Crippen LogP contribution in [0, 0.1) is 11.8 Å².